The summed E-state index contributed by atoms with van der Waals surface area (Å²) in [5, 5.41) is 34.0. The second kappa shape index (κ2) is 13.5. The van der Waals surface area contributed by atoms with Crippen LogP contribution in [-0.2, 0) is 6.42 Å². The number of ketones is 1. The van der Waals surface area contributed by atoms with E-state index >= 15 is 0 Å². The van der Waals surface area contributed by atoms with Gasteiger partial charge in [-0.2, -0.15) is 5.26 Å². The SMILES string of the molecule is COc1ccc(C(=O)c2cc3ccc2C2CCC(O)(CSc4nc(C)cc(C)c4C#N)C2(C)CCC=C(C)CCC(O)C3)cc1. The highest BCUT2D eigenvalue weighted by atomic mass is 32.2. The number of thioether (sulfide) groups is 1. The molecule has 3 aliphatic carbocycles. The fraction of sp³-hybridized carbons (Fsp3) is 0.447. The highest BCUT2D eigenvalue weighted by molar-refractivity contribution is 7.99. The molecule has 7 heteroatoms. The van der Waals surface area contributed by atoms with Crippen molar-refractivity contribution in [3.8, 4) is 11.8 Å². The number of methoxy groups -OCH3 is 1. The first kappa shape index (κ1) is 32.9. The Labute approximate surface area is 271 Å². The number of ether oxygens (including phenoxy) is 1. The van der Waals surface area contributed by atoms with Gasteiger partial charge in [0.05, 0.1) is 24.4 Å². The van der Waals surface area contributed by atoms with Gasteiger partial charge in [0.1, 0.15) is 16.8 Å². The van der Waals surface area contributed by atoms with E-state index in [1.807, 2.05) is 32.0 Å². The van der Waals surface area contributed by atoms with Crippen LogP contribution in [0.4, 0.5) is 0 Å². The van der Waals surface area contributed by atoms with E-state index in [1.165, 1.54) is 17.3 Å². The van der Waals surface area contributed by atoms with Gasteiger partial charge in [0.2, 0.25) is 0 Å². The Kier molecular flexibility index (Phi) is 9.88. The molecule has 3 aromatic rings. The van der Waals surface area contributed by atoms with Gasteiger partial charge in [-0.25, -0.2) is 4.98 Å². The zero-order valence-corrected chi connectivity index (χ0v) is 27.8. The minimum absolute atomic E-state index is 0.0708. The van der Waals surface area contributed by atoms with Gasteiger partial charge >= 0.3 is 0 Å². The highest BCUT2D eigenvalue weighted by Crippen LogP contribution is 2.59. The lowest BCUT2D eigenvalue weighted by Gasteiger charge is -2.44. The lowest BCUT2D eigenvalue weighted by molar-refractivity contribution is -0.0422. The monoisotopic (exact) mass is 624 g/mol. The summed E-state index contributed by atoms with van der Waals surface area (Å²) in [7, 11) is 1.60. The summed E-state index contributed by atoms with van der Waals surface area (Å²) in [6, 6.07) is 17.5. The molecular weight excluding hydrogens is 580 g/mol. The Morgan fingerprint density at radius 1 is 1.11 bits per heavy atom. The van der Waals surface area contributed by atoms with Crippen LogP contribution in [0.3, 0.4) is 0 Å². The number of benzene rings is 2. The van der Waals surface area contributed by atoms with Crippen LogP contribution in [0.25, 0.3) is 0 Å². The van der Waals surface area contributed by atoms with Gasteiger partial charge in [-0.1, -0.05) is 30.7 Å². The Morgan fingerprint density at radius 2 is 1.87 bits per heavy atom. The number of carbonyl (C=O) groups excluding carboxylic acids is 1. The van der Waals surface area contributed by atoms with Gasteiger partial charge in [-0.15, -0.1) is 11.8 Å². The van der Waals surface area contributed by atoms with E-state index in [1.54, 1.807) is 31.4 Å². The summed E-state index contributed by atoms with van der Waals surface area (Å²) in [4.78, 5) is 18.9. The summed E-state index contributed by atoms with van der Waals surface area (Å²) in [5.41, 5.74) is 5.00. The molecule has 45 heavy (non-hydrogen) atoms. The predicted molar refractivity (Wildman–Crippen MR) is 179 cm³/mol. The largest absolute Gasteiger partial charge is 0.497 e. The van der Waals surface area contributed by atoms with E-state index in [-0.39, 0.29) is 11.7 Å². The van der Waals surface area contributed by atoms with Crippen molar-refractivity contribution in [2.75, 3.05) is 12.9 Å². The van der Waals surface area contributed by atoms with Crippen molar-refractivity contribution >= 4 is 17.5 Å². The second-order valence-corrected chi connectivity index (χ2v) is 14.1. The van der Waals surface area contributed by atoms with Crippen molar-refractivity contribution in [3.63, 3.8) is 0 Å². The maximum atomic E-state index is 14.2. The number of hydrogen-bond acceptors (Lipinski definition) is 7. The maximum absolute atomic E-state index is 14.2. The van der Waals surface area contributed by atoms with Gasteiger partial charge in [-0.05, 0) is 125 Å². The molecule has 6 rings (SSSR count). The van der Waals surface area contributed by atoms with Gasteiger partial charge in [0.15, 0.2) is 5.78 Å². The summed E-state index contributed by atoms with van der Waals surface area (Å²) in [6.45, 7) is 8.15. The van der Waals surface area contributed by atoms with Crippen LogP contribution in [0.2, 0.25) is 0 Å². The van der Waals surface area contributed by atoms with Crippen molar-refractivity contribution in [1.82, 2.24) is 4.98 Å². The molecule has 236 valence electrons. The van der Waals surface area contributed by atoms with Crippen LogP contribution in [0, 0.1) is 30.6 Å². The minimum Gasteiger partial charge on any atom is -0.497 e. The van der Waals surface area contributed by atoms with Crippen molar-refractivity contribution < 1.29 is 19.7 Å². The molecular formula is C38H44N2O4S. The van der Waals surface area contributed by atoms with Crippen molar-refractivity contribution in [2.24, 2.45) is 5.41 Å². The first-order valence-corrected chi connectivity index (χ1v) is 16.9. The van der Waals surface area contributed by atoms with Crippen LogP contribution in [-0.4, -0.2) is 45.5 Å². The Bertz CT molecular complexity index is 1640. The molecule has 0 saturated heterocycles. The number of rotatable bonds is 6. The molecule has 0 spiro atoms. The van der Waals surface area contributed by atoms with E-state index in [0.717, 1.165) is 48.1 Å². The smallest absolute Gasteiger partial charge is 0.193 e. The summed E-state index contributed by atoms with van der Waals surface area (Å²) in [6.07, 6.45) is 6.50. The number of allylic oxidation sites excluding steroid dienone is 2. The van der Waals surface area contributed by atoms with Crippen molar-refractivity contribution in [3.05, 3.63) is 99.3 Å². The number of hydrogen-bond donors (Lipinski definition) is 2. The highest BCUT2D eigenvalue weighted by Gasteiger charge is 2.56. The molecule has 0 aliphatic heterocycles. The first-order valence-electron chi connectivity index (χ1n) is 15.9. The Morgan fingerprint density at radius 3 is 2.58 bits per heavy atom. The van der Waals surface area contributed by atoms with Crippen molar-refractivity contribution in [1.29, 1.82) is 5.26 Å². The summed E-state index contributed by atoms with van der Waals surface area (Å²) >= 11 is 1.46. The molecule has 4 unspecified atom stereocenters. The molecule has 2 bridgehead atoms. The maximum Gasteiger partial charge on any atom is 0.193 e. The number of carbonyl (C=O) groups is 1. The zero-order chi connectivity index (χ0) is 32.4. The van der Waals surface area contributed by atoms with Gasteiger partial charge in [-0.3, -0.25) is 4.79 Å². The van der Waals surface area contributed by atoms with E-state index in [2.05, 4.69) is 37.0 Å². The number of nitrogens with zero attached hydrogens (tertiary/aromatic N) is 2. The fourth-order valence-electron chi connectivity index (χ4n) is 7.30. The van der Waals surface area contributed by atoms with Crippen LogP contribution in [0.1, 0.15) is 102 Å². The molecule has 1 aromatic heterocycles. The molecule has 4 atom stereocenters. The molecule has 3 aliphatic rings. The quantitative estimate of drug-likeness (QED) is 0.165. The van der Waals surface area contributed by atoms with E-state index < -0.39 is 17.1 Å². The fourth-order valence-corrected chi connectivity index (χ4v) is 8.71. The lowest BCUT2D eigenvalue weighted by atomic mass is 9.65. The molecule has 2 aromatic carbocycles. The molecule has 6 nitrogen and oxygen atoms in total. The van der Waals surface area contributed by atoms with Crippen molar-refractivity contribution in [2.45, 2.75) is 95.3 Å². The number of aliphatic hydroxyl groups excluding tert-OH is 1. The molecule has 1 saturated carbocycles. The number of aryl methyl sites for hydroxylation is 2. The molecule has 0 radical (unpaired) electrons. The number of aromatic nitrogens is 1. The third-order valence-electron chi connectivity index (χ3n) is 10.1. The zero-order valence-electron chi connectivity index (χ0n) is 27.0. The number of fused-ring (bicyclic) bond motifs is 8. The molecule has 1 heterocycles. The topological polar surface area (TPSA) is 103 Å². The van der Waals surface area contributed by atoms with Gasteiger partial charge in [0.25, 0.3) is 0 Å². The van der Waals surface area contributed by atoms with Crippen LogP contribution >= 0.6 is 11.8 Å². The average Bonchev–Trinajstić information content (AvgIpc) is 3.27. The Balaban J connectivity index is 1.58. The summed E-state index contributed by atoms with van der Waals surface area (Å²) in [5.74, 6) is 0.945. The number of nitriles is 1. The van der Waals surface area contributed by atoms with Gasteiger partial charge < -0.3 is 14.9 Å². The van der Waals surface area contributed by atoms with Crippen LogP contribution < -0.4 is 4.74 Å². The third kappa shape index (κ3) is 6.74. The predicted octanol–water partition coefficient (Wildman–Crippen LogP) is 7.64. The average molecular weight is 625 g/mol. The van der Waals surface area contributed by atoms with Crippen LogP contribution in [0.15, 0.2) is 65.2 Å². The van der Waals surface area contributed by atoms with Gasteiger partial charge in [0, 0.05) is 28.0 Å². The van der Waals surface area contributed by atoms with E-state index in [4.69, 9.17) is 4.74 Å². The second-order valence-electron chi connectivity index (χ2n) is 13.2. The molecule has 2 N–H and O–H groups in total. The van der Waals surface area contributed by atoms with E-state index in [9.17, 15) is 20.3 Å². The standard InChI is InChI=1S/C38H44N2O4S/c1-24-7-6-17-37(4)34(16-18-38(37,43)23-45-36-33(22-39)25(2)19-26(3)40-36)31-15-9-27(20-29(41)12-8-24)21-32(31)35(42)28-10-13-30(44-5)14-11-28/h7,9-11,13-15,19,21,29,34,41,43H,6,8,12,16-18,20,23H2,1-5H3. The Hall–Kier alpha value is -3.44. The third-order valence-corrected chi connectivity index (χ3v) is 11.3. The minimum atomic E-state index is -1.05. The lowest BCUT2D eigenvalue weighted by Crippen LogP contribution is -2.46. The molecule has 0 amide bonds. The first-order chi connectivity index (χ1) is 21.5. The molecule has 1 fully saturated rings. The number of pyridine rings is 1. The number of aliphatic hydroxyl groups is 2. The summed E-state index contributed by atoms with van der Waals surface area (Å²) < 4.78 is 5.32. The normalized spacial score (nSPS) is 25.2. The van der Waals surface area contributed by atoms with Crippen LogP contribution in [0.5, 0.6) is 5.75 Å². The van der Waals surface area contributed by atoms with E-state index in [0.29, 0.717) is 52.5 Å².